The van der Waals surface area contributed by atoms with Gasteiger partial charge in [0.25, 0.3) is 0 Å². The minimum absolute atomic E-state index is 0.380. The molecule has 1 aliphatic rings. The first kappa shape index (κ1) is 15.5. The highest BCUT2D eigenvalue weighted by molar-refractivity contribution is 7.10. The predicted molar refractivity (Wildman–Crippen MR) is 84.8 cm³/mol. The Hall–Kier alpha value is -0.860. The standard InChI is InChI=1S/C16H24N2OS/c1-3-14-9-18(10-15(4-2)19-14)11-16-8-13(12-20-16)6-5-7-17/h8,12,14-15H,3-4,7,9-11,17H2,1-2H3. The lowest BCUT2D eigenvalue weighted by Gasteiger charge is -2.37. The lowest BCUT2D eigenvalue weighted by molar-refractivity contribution is -0.0890. The first-order valence-corrected chi connectivity index (χ1v) is 8.27. The van der Waals surface area contributed by atoms with Crippen molar-refractivity contribution in [3.05, 3.63) is 21.9 Å². The van der Waals surface area contributed by atoms with Crippen LogP contribution < -0.4 is 5.73 Å². The number of thiophene rings is 1. The van der Waals surface area contributed by atoms with Gasteiger partial charge in [-0.05, 0) is 18.9 Å². The van der Waals surface area contributed by atoms with Crippen molar-refractivity contribution >= 4 is 11.3 Å². The second kappa shape index (κ2) is 7.80. The molecule has 3 nitrogen and oxygen atoms in total. The molecule has 0 amide bonds. The van der Waals surface area contributed by atoms with Gasteiger partial charge >= 0.3 is 0 Å². The van der Waals surface area contributed by atoms with E-state index in [-0.39, 0.29) is 0 Å². The predicted octanol–water partition coefficient (Wildman–Crippen LogP) is 2.45. The normalized spacial score (nSPS) is 23.4. The maximum atomic E-state index is 6.04. The molecule has 0 spiro atoms. The zero-order valence-corrected chi connectivity index (χ0v) is 13.2. The van der Waals surface area contributed by atoms with Gasteiger partial charge in [0.15, 0.2) is 0 Å². The fourth-order valence-electron chi connectivity index (χ4n) is 2.49. The quantitative estimate of drug-likeness (QED) is 0.866. The summed E-state index contributed by atoms with van der Waals surface area (Å²) in [5.74, 6) is 6.00. The smallest absolute Gasteiger partial charge is 0.0703 e. The van der Waals surface area contributed by atoms with Crippen LogP contribution in [0.1, 0.15) is 37.1 Å². The van der Waals surface area contributed by atoms with Crippen molar-refractivity contribution in [1.82, 2.24) is 4.90 Å². The molecule has 1 aromatic rings. The molecule has 0 aromatic carbocycles. The van der Waals surface area contributed by atoms with Crippen LogP contribution in [0.15, 0.2) is 11.4 Å². The van der Waals surface area contributed by atoms with E-state index >= 15 is 0 Å². The van der Waals surface area contributed by atoms with Crippen molar-refractivity contribution in [2.24, 2.45) is 5.73 Å². The summed E-state index contributed by atoms with van der Waals surface area (Å²) in [6.45, 7) is 7.90. The number of nitrogens with zero attached hydrogens (tertiary/aromatic N) is 1. The van der Waals surface area contributed by atoms with Crippen LogP contribution in [0.25, 0.3) is 0 Å². The van der Waals surface area contributed by atoms with Crippen LogP contribution in [0.2, 0.25) is 0 Å². The lowest BCUT2D eigenvalue weighted by atomic mass is 10.1. The molecule has 2 unspecified atom stereocenters. The Bertz CT molecular complexity index is 462. The molecule has 4 heteroatoms. The SMILES string of the molecule is CCC1CN(Cc2cc(C#CCN)cs2)CC(CC)O1. The van der Waals surface area contributed by atoms with Crippen molar-refractivity contribution in [1.29, 1.82) is 0 Å². The zero-order valence-electron chi connectivity index (χ0n) is 12.4. The highest BCUT2D eigenvalue weighted by atomic mass is 32.1. The molecule has 1 saturated heterocycles. The van der Waals surface area contributed by atoms with E-state index in [1.54, 1.807) is 11.3 Å². The van der Waals surface area contributed by atoms with E-state index in [1.165, 1.54) is 4.88 Å². The molecule has 0 bridgehead atoms. The van der Waals surface area contributed by atoms with Crippen LogP contribution >= 0.6 is 11.3 Å². The molecular weight excluding hydrogens is 268 g/mol. The van der Waals surface area contributed by atoms with Gasteiger partial charge < -0.3 is 10.5 Å². The second-order valence-corrected chi connectivity index (χ2v) is 6.19. The minimum atomic E-state index is 0.380. The van der Waals surface area contributed by atoms with E-state index in [1.807, 2.05) is 0 Å². The van der Waals surface area contributed by atoms with E-state index in [2.05, 4.69) is 42.0 Å². The molecule has 1 aromatic heterocycles. The number of ether oxygens (including phenoxy) is 1. The molecule has 0 radical (unpaired) electrons. The molecule has 20 heavy (non-hydrogen) atoms. The molecule has 0 aliphatic carbocycles. The van der Waals surface area contributed by atoms with Crippen LogP contribution in [0, 0.1) is 11.8 Å². The van der Waals surface area contributed by atoms with Crippen LogP contribution in [-0.4, -0.2) is 36.7 Å². The van der Waals surface area contributed by atoms with Crippen LogP contribution in [0.5, 0.6) is 0 Å². The van der Waals surface area contributed by atoms with Crippen molar-refractivity contribution in [3.8, 4) is 11.8 Å². The highest BCUT2D eigenvalue weighted by Gasteiger charge is 2.25. The number of nitrogens with two attached hydrogens (primary N) is 1. The first-order valence-electron chi connectivity index (χ1n) is 7.39. The molecule has 2 rings (SSSR count). The Morgan fingerprint density at radius 3 is 2.65 bits per heavy atom. The van der Waals surface area contributed by atoms with E-state index in [4.69, 9.17) is 10.5 Å². The number of hydrogen-bond donors (Lipinski definition) is 1. The molecular formula is C16H24N2OS. The second-order valence-electron chi connectivity index (χ2n) is 5.20. The van der Waals surface area contributed by atoms with Gasteiger partial charge in [0, 0.05) is 35.5 Å². The largest absolute Gasteiger partial charge is 0.372 e. The van der Waals surface area contributed by atoms with E-state index in [0.717, 1.165) is 38.0 Å². The zero-order chi connectivity index (χ0) is 14.4. The van der Waals surface area contributed by atoms with Crippen molar-refractivity contribution < 1.29 is 4.74 Å². The van der Waals surface area contributed by atoms with Crippen molar-refractivity contribution in [3.63, 3.8) is 0 Å². The summed E-state index contributed by atoms with van der Waals surface area (Å²) in [6, 6.07) is 2.19. The first-order chi connectivity index (χ1) is 9.75. The summed E-state index contributed by atoms with van der Waals surface area (Å²) in [7, 11) is 0. The van der Waals surface area contributed by atoms with Crippen LogP contribution in [0.4, 0.5) is 0 Å². The molecule has 2 N–H and O–H groups in total. The number of rotatable bonds is 4. The van der Waals surface area contributed by atoms with Gasteiger partial charge in [0.1, 0.15) is 0 Å². The van der Waals surface area contributed by atoms with Gasteiger partial charge in [-0.1, -0.05) is 25.7 Å². The molecule has 110 valence electrons. The summed E-state index contributed by atoms with van der Waals surface area (Å²) in [5, 5.41) is 2.12. The van der Waals surface area contributed by atoms with Crippen LogP contribution in [-0.2, 0) is 11.3 Å². The topological polar surface area (TPSA) is 38.5 Å². The number of morpholine rings is 1. The van der Waals surface area contributed by atoms with E-state index in [9.17, 15) is 0 Å². The molecule has 2 heterocycles. The fourth-order valence-corrected chi connectivity index (χ4v) is 3.35. The summed E-state index contributed by atoms with van der Waals surface area (Å²) in [4.78, 5) is 3.88. The van der Waals surface area contributed by atoms with Gasteiger partial charge in [-0.3, -0.25) is 4.90 Å². The Morgan fingerprint density at radius 1 is 1.35 bits per heavy atom. The monoisotopic (exact) mass is 292 g/mol. The van der Waals surface area contributed by atoms with Gasteiger partial charge in [0.2, 0.25) is 0 Å². The lowest BCUT2D eigenvalue weighted by Crippen LogP contribution is -2.46. The summed E-state index contributed by atoms with van der Waals surface area (Å²) in [5.41, 5.74) is 6.49. The fraction of sp³-hybridized carbons (Fsp3) is 0.625. The molecule has 0 saturated carbocycles. The molecule has 1 aliphatic heterocycles. The summed E-state index contributed by atoms with van der Waals surface area (Å²) >= 11 is 1.79. The number of hydrogen-bond acceptors (Lipinski definition) is 4. The molecule has 1 fully saturated rings. The highest BCUT2D eigenvalue weighted by Crippen LogP contribution is 2.21. The van der Waals surface area contributed by atoms with Gasteiger partial charge in [-0.25, -0.2) is 0 Å². The van der Waals surface area contributed by atoms with Gasteiger partial charge in [-0.15, -0.1) is 11.3 Å². The summed E-state index contributed by atoms with van der Waals surface area (Å²) in [6.07, 6.45) is 2.94. The maximum absolute atomic E-state index is 6.04. The van der Waals surface area contributed by atoms with E-state index < -0.39 is 0 Å². The molecule has 2 atom stereocenters. The third kappa shape index (κ3) is 4.32. The Labute approximate surface area is 126 Å². The average molecular weight is 292 g/mol. The van der Waals surface area contributed by atoms with E-state index in [0.29, 0.717) is 18.8 Å². The van der Waals surface area contributed by atoms with Crippen molar-refractivity contribution in [2.75, 3.05) is 19.6 Å². The Morgan fingerprint density at radius 2 is 2.05 bits per heavy atom. The Balaban J connectivity index is 1.96. The maximum Gasteiger partial charge on any atom is 0.0703 e. The average Bonchev–Trinajstić information content (AvgIpc) is 2.92. The minimum Gasteiger partial charge on any atom is -0.372 e. The Kier molecular flexibility index (Phi) is 6.06. The third-order valence-electron chi connectivity index (χ3n) is 3.59. The van der Waals surface area contributed by atoms with Gasteiger partial charge in [-0.2, -0.15) is 0 Å². The summed E-state index contributed by atoms with van der Waals surface area (Å²) < 4.78 is 6.04. The van der Waals surface area contributed by atoms with Crippen molar-refractivity contribution in [2.45, 2.75) is 45.4 Å². The van der Waals surface area contributed by atoms with Gasteiger partial charge in [0.05, 0.1) is 18.8 Å². The van der Waals surface area contributed by atoms with Crippen LogP contribution in [0.3, 0.4) is 0 Å². The third-order valence-corrected chi connectivity index (χ3v) is 4.51.